The molecule has 1 nitrogen and oxygen atoms in total. The fraction of sp³-hybridized carbons (Fsp3) is 1.00. The van der Waals surface area contributed by atoms with Gasteiger partial charge in [-0.25, -0.2) is 0 Å². The molecule has 0 unspecified atom stereocenters. The Labute approximate surface area is 94.6 Å². The van der Waals surface area contributed by atoms with Gasteiger partial charge >= 0.3 is 0 Å². The molecule has 0 spiro atoms. The summed E-state index contributed by atoms with van der Waals surface area (Å²) >= 11 is 0. The lowest BCUT2D eigenvalue weighted by atomic mass is 9.66. The third kappa shape index (κ3) is 2.55. The summed E-state index contributed by atoms with van der Waals surface area (Å²) in [7, 11) is 1.86. The highest BCUT2D eigenvalue weighted by Gasteiger charge is 2.37. The average Bonchev–Trinajstić information content (AvgIpc) is 2.17. The summed E-state index contributed by atoms with van der Waals surface area (Å²) < 4.78 is 5.37. The summed E-state index contributed by atoms with van der Waals surface area (Å²) in [4.78, 5) is 0. The minimum Gasteiger partial charge on any atom is -0.381 e. The van der Waals surface area contributed by atoms with Gasteiger partial charge in [0.25, 0.3) is 0 Å². The van der Waals surface area contributed by atoms with Gasteiger partial charge in [-0.2, -0.15) is 0 Å². The van der Waals surface area contributed by atoms with Crippen LogP contribution in [0.15, 0.2) is 0 Å². The van der Waals surface area contributed by atoms with Crippen LogP contribution in [0, 0.1) is 23.7 Å². The van der Waals surface area contributed by atoms with Crippen molar-refractivity contribution in [1.29, 1.82) is 0 Å². The van der Waals surface area contributed by atoms with E-state index in [0.717, 1.165) is 23.7 Å². The van der Waals surface area contributed by atoms with Gasteiger partial charge in [-0.15, -0.1) is 0 Å². The molecule has 0 aromatic heterocycles. The molecule has 0 aromatic rings. The highest BCUT2D eigenvalue weighted by Crippen LogP contribution is 2.44. The molecular weight excluding hydrogens is 184 g/mol. The zero-order valence-electron chi connectivity index (χ0n) is 10.5. The third-order valence-corrected chi connectivity index (χ3v) is 4.89. The second kappa shape index (κ2) is 4.86. The van der Waals surface area contributed by atoms with Crippen LogP contribution in [0.3, 0.4) is 0 Å². The first-order chi connectivity index (χ1) is 7.20. The Bertz CT molecular complexity index is 186. The fourth-order valence-corrected chi connectivity index (χ4v) is 3.47. The molecule has 0 saturated heterocycles. The molecular formula is C14H26O. The largest absolute Gasteiger partial charge is 0.381 e. The van der Waals surface area contributed by atoms with Crippen LogP contribution in [0.1, 0.15) is 52.4 Å². The van der Waals surface area contributed by atoms with Crippen LogP contribution in [0.25, 0.3) is 0 Å². The van der Waals surface area contributed by atoms with E-state index in [1.807, 2.05) is 7.11 Å². The molecule has 0 atom stereocenters. The normalized spacial score (nSPS) is 41.6. The van der Waals surface area contributed by atoms with Crippen molar-refractivity contribution in [3.63, 3.8) is 0 Å². The third-order valence-electron chi connectivity index (χ3n) is 4.89. The summed E-state index contributed by atoms with van der Waals surface area (Å²) in [6.45, 7) is 4.77. The first-order valence-electron chi connectivity index (χ1n) is 6.73. The SMILES string of the molecule is COC1CC(C2CCC(C(C)C)CC2)C1. The van der Waals surface area contributed by atoms with Gasteiger partial charge in [-0.3, -0.25) is 0 Å². The highest BCUT2D eigenvalue weighted by atomic mass is 16.5. The van der Waals surface area contributed by atoms with Crippen molar-refractivity contribution in [2.45, 2.75) is 58.5 Å². The van der Waals surface area contributed by atoms with Gasteiger partial charge in [0.1, 0.15) is 0 Å². The molecule has 0 amide bonds. The first kappa shape index (κ1) is 11.4. The van der Waals surface area contributed by atoms with Gasteiger partial charge in [0.05, 0.1) is 6.10 Å². The van der Waals surface area contributed by atoms with Crippen LogP contribution in [0.5, 0.6) is 0 Å². The summed E-state index contributed by atoms with van der Waals surface area (Å²) in [5.41, 5.74) is 0. The van der Waals surface area contributed by atoms with Crippen molar-refractivity contribution in [2.24, 2.45) is 23.7 Å². The quantitative estimate of drug-likeness (QED) is 0.687. The summed E-state index contributed by atoms with van der Waals surface area (Å²) in [5, 5.41) is 0. The number of hydrogen-bond donors (Lipinski definition) is 0. The Morgan fingerprint density at radius 2 is 1.53 bits per heavy atom. The van der Waals surface area contributed by atoms with Crippen molar-refractivity contribution < 1.29 is 4.74 Å². The van der Waals surface area contributed by atoms with Crippen molar-refractivity contribution >= 4 is 0 Å². The minimum absolute atomic E-state index is 0.595. The van der Waals surface area contributed by atoms with E-state index < -0.39 is 0 Å². The maximum absolute atomic E-state index is 5.37. The van der Waals surface area contributed by atoms with Crippen molar-refractivity contribution in [3.8, 4) is 0 Å². The Kier molecular flexibility index (Phi) is 3.71. The van der Waals surface area contributed by atoms with E-state index in [4.69, 9.17) is 4.74 Å². The van der Waals surface area contributed by atoms with Crippen molar-refractivity contribution in [3.05, 3.63) is 0 Å². The zero-order valence-corrected chi connectivity index (χ0v) is 10.5. The first-order valence-corrected chi connectivity index (χ1v) is 6.73. The van der Waals surface area contributed by atoms with Gasteiger partial charge in [0.2, 0.25) is 0 Å². The lowest BCUT2D eigenvalue weighted by Crippen LogP contribution is -2.37. The van der Waals surface area contributed by atoms with Crippen LogP contribution in [0.4, 0.5) is 0 Å². The van der Waals surface area contributed by atoms with Gasteiger partial charge in [0.15, 0.2) is 0 Å². The molecule has 0 radical (unpaired) electrons. The molecule has 0 aromatic carbocycles. The van der Waals surface area contributed by atoms with Gasteiger partial charge < -0.3 is 4.74 Å². The molecule has 0 heterocycles. The number of ether oxygens (including phenoxy) is 1. The molecule has 2 aliphatic rings. The standard InChI is InChI=1S/C14H26O/c1-10(2)11-4-6-12(7-5-11)13-8-14(9-13)15-3/h10-14H,4-9H2,1-3H3. The monoisotopic (exact) mass is 210 g/mol. The van der Waals surface area contributed by atoms with Gasteiger partial charge in [-0.05, 0) is 62.2 Å². The molecule has 1 heteroatoms. The van der Waals surface area contributed by atoms with Gasteiger partial charge in [0, 0.05) is 7.11 Å². The van der Waals surface area contributed by atoms with Gasteiger partial charge in [-0.1, -0.05) is 13.8 Å². The van der Waals surface area contributed by atoms with Crippen LogP contribution < -0.4 is 0 Å². The molecule has 2 aliphatic carbocycles. The Balaban J connectivity index is 1.70. The average molecular weight is 210 g/mol. The molecule has 2 rings (SSSR count). The summed E-state index contributed by atoms with van der Waals surface area (Å²) in [6, 6.07) is 0. The van der Waals surface area contributed by atoms with E-state index in [-0.39, 0.29) is 0 Å². The second-order valence-corrected chi connectivity index (χ2v) is 6.01. The lowest BCUT2D eigenvalue weighted by molar-refractivity contribution is -0.0304. The molecule has 2 fully saturated rings. The van der Waals surface area contributed by atoms with E-state index in [1.54, 1.807) is 0 Å². The molecule has 0 bridgehead atoms. The van der Waals surface area contributed by atoms with Crippen molar-refractivity contribution in [2.75, 3.05) is 7.11 Å². The van der Waals surface area contributed by atoms with E-state index in [9.17, 15) is 0 Å². The Morgan fingerprint density at radius 3 is 2.00 bits per heavy atom. The zero-order chi connectivity index (χ0) is 10.8. The molecule has 88 valence electrons. The highest BCUT2D eigenvalue weighted by molar-refractivity contribution is 4.88. The van der Waals surface area contributed by atoms with Crippen LogP contribution in [-0.2, 0) is 4.74 Å². The van der Waals surface area contributed by atoms with Crippen LogP contribution >= 0.6 is 0 Å². The molecule has 0 aliphatic heterocycles. The topological polar surface area (TPSA) is 9.23 Å². The molecule has 0 N–H and O–H groups in total. The predicted octanol–water partition coefficient (Wildman–Crippen LogP) is 3.87. The maximum atomic E-state index is 5.37. The number of rotatable bonds is 3. The Morgan fingerprint density at radius 1 is 0.933 bits per heavy atom. The van der Waals surface area contributed by atoms with E-state index in [0.29, 0.717) is 6.10 Å². The maximum Gasteiger partial charge on any atom is 0.0576 e. The van der Waals surface area contributed by atoms with E-state index in [2.05, 4.69) is 13.8 Å². The Hall–Kier alpha value is -0.0400. The second-order valence-electron chi connectivity index (χ2n) is 6.01. The number of methoxy groups -OCH3 is 1. The predicted molar refractivity (Wildman–Crippen MR) is 63.8 cm³/mol. The number of hydrogen-bond acceptors (Lipinski definition) is 1. The summed E-state index contributed by atoms with van der Waals surface area (Å²) in [5.74, 6) is 3.95. The van der Waals surface area contributed by atoms with E-state index >= 15 is 0 Å². The van der Waals surface area contributed by atoms with Crippen LogP contribution in [0.2, 0.25) is 0 Å². The summed E-state index contributed by atoms with van der Waals surface area (Å²) in [6.07, 6.45) is 9.22. The van der Waals surface area contributed by atoms with Crippen molar-refractivity contribution in [1.82, 2.24) is 0 Å². The van der Waals surface area contributed by atoms with E-state index in [1.165, 1.54) is 38.5 Å². The van der Waals surface area contributed by atoms with Crippen LogP contribution in [-0.4, -0.2) is 13.2 Å². The molecule has 15 heavy (non-hydrogen) atoms. The minimum atomic E-state index is 0.595. The molecule has 2 saturated carbocycles. The lowest BCUT2D eigenvalue weighted by Gasteiger charge is -2.43. The fourth-order valence-electron chi connectivity index (χ4n) is 3.47. The smallest absolute Gasteiger partial charge is 0.0576 e.